The summed E-state index contributed by atoms with van der Waals surface area (Å²) in [5.74, 6) is -0.248. The minimum Gasteiger partial charge on any atom is -0.494 e. The molecule has 0 aliphatic carbocycles. The van der Waals surface area contributed by atoms with E-state index in [0.717, 1.165) is 11.4 Å². The summed E-state index contributed by atoms with van der Waals surface area (Å²) in [7, 11) is 0. The van der Waals surface area contributed by atoms with Gasteiger partial charge in [-0.3, -0.25) is 0 Å². The summed E-state index contributed by atoms with van der Waals surface area (Å²) in [6.07, 6.45) is 1.31. The maximum Gasteiger partial charge on any atom is 0.340 e. The maximum atomic E-state index is 10.9. The molecule has 1 aromatic heterocycles. The van der Waals surface area contributed by atoms with Gasteiger partial charge in [-0.05, 0) is 47.1 Å². The molecule has 0 radical (unpaired) electrons. The van der Waals surface area contributed by atoms with Gasteiger partial charge >= 0.3 is 5.97 Å². The van der Waals surface area contributed by atoms with Gasteiger partial charge in [0.25, 0.3) is 0 Å². The van der Waals surface area contributed by atoms with E-state index in [1.165, 1.54) is 10.9 Å². The quantitative estimate of drug-likeness (QED) is 0.943. The Morgan fingerprint density at radius 1 is 1.44 bits per heavy atom. The molecule has 2 rings (SSSR count). The highest BCUT2D eigenvalue weighted by Crippen LogP contribution is 2.22. The van der Waals surface area contributed by atoms with E-state index >= 15 is 0 Å². The third kappa shape index (κ3) is 2.38. The number of carbonyl (C=O) groups is 1. The van der Waals surface area contributed by atoms with Gasteiger partial charge in [-0.25, -0.2) is 9.48 Å². The summed E-state index contributed by atoms with van der Waals surface area (Å²) in [6, 6.07) is 7.25. The number of halogens is 1. The van der Waals surface area contributed by atoms with E-state index in [1.54, 1.807) is 0 Å². The van der Waals surface area contributed by atoms with E-state index < -0.39 is 5.97 Å². The molecule has 0 bridgehead atoms. The van der Waals surface area contributed by atoms with Crippen molar-refractivity contribution in [2.24, 2.45) is 0 Å². The number of aromatic nitrogens is 2. The highest BCUT2D eigenvalue weighted by molar-refractivity contribution is 9.10. The Labute approximate surface area is 112 Å². The van der Waals surface area contributed by atoms with Crippen molar-refractivity contribution in [1.29, 1.82) is 0 Å². The van der Waals surface area contributed by atoms with Crippen molar-refractivity contribution in [2.75, 3.05) is 6.61 Å². The van der Waals surface area contributed by atoms with Crippen LogP contribution in [-0.2, 0) is 0 Å². The molecule has 94 valence electrons. The molecule has 0 fully saturated rings. The Bertz CT molecular complexity index is 563. The van der Waals surface area contributed by atoms with Crippen LogP contribution in [0.4, 0.5) is 0 Å². The van der Waals surface area contributed by atoms with Gasteiger partial charge in [0.1, 0.15) is 15.9 Å². The highest BCUT2D eigenvalue weighted by atomic mass is 79.9. The van der Waals surface area contributed by atoms with Crippen molar-refractivity contribution in [3.8, 4) is 11.4 Å². The van der Waals surface area contributed by atoms with Crippen LogP contribution in [0.2, 0.25) is 0 Å². The van der Waals surface area contributed by atoms with Gasteiger partial charge in [-0.2, -0.15) is 5.10 Å². The summed E-state index contributed by atoms with van der Waals surface area (Å²) in [6.45, 7) is 2.52. The Kier molecular flexibility index (Phi) is 3.66. The average molecular weight is 311 g/mol. The van der Waals surface area contributed by atoms with Crippen molar-refractivity contribution in [2.45, 2.75) is 6.92 Å². The van der Waals surface area contributed by atoms with E-state index in [2.05, 4.69) is 21.0 Å². The number of carboxylic acids is 1. The molecule has 0 spiro atoms. The first-order valence-electron chi connectivity index (χ1n) is 5.33. The third-order valence-electron chi connectivity index (χ3n) is 2.33. The number of nitrogens with zero attached hydrogens (tertiary/aromatic N) is 2. The molecule has 0 atom stereocenters. The lowest BCUT2D eigenvalue weighted by atomic mass is 10.3. The summed E-state index contributed by atoms with van der Waals surface area (Å²) in [4.78, 5) is 10.9. The number of benzene rings is 1. The molecule has 18 heavy (non-hydrogen) atoms. The Morgan fingerprint density at radius 2 is 2.11 bits per heavy atom. The predicted molar refractivity (Wildman–Crippen MR) is 69.4 cm³/mol. The van der Waals surface area contributed by atoms with Crippen LogP contribution in [0.1, 0.15) is 17.3 Å². The van der Waals surface area contributed by atoms with Gasteiger partial charge in [0.05, 0.1) is 18.5 Å². The maximum absolute atomic E-state index is 10.9. The Morgan fingerprint density at radius 3 is 2.61 bits per heavy atom. The van der Waals surface area contributed by atoms with Gasteiger partial charge in [-0.1, -0.05) is 0 Å². The predicted octanol–water partition coefficient (Wildman–Crippen LogP) is 2.73. The second-order valence-electron chi connectivity index (χ2n) is 3.49. The topological polar surface area (TPSA) is 64.4 Å². The minimum atomic E-state index is -1.01. The molecule has 0 saturated carbocycles. The lowest BCUT2D eigenvalue weighted by Crippen LogP contribution is -1.99. The van der Waals surface area contributed by atoms with Crippen molar-refractivity contribution in [1.82, 2.24) is 9.78 Å². The van der Waals surface area contributed by atoms with Crippen molar-refractivity contribution in [3.63, 3.8) is 0 Å². The first kappa shape index (κ1) is 12.6. The average Bonchev–Trinajstić information content (AvgIpc) is 2.73. The fraction of sp³-hybridized carbons (Fsp3) is 0.167. The molecule has 1 aromatic carbocycles. The molecule has 6 heteroatoms. The fourth-order valence-electron chi connectivity index (χ4n) is 1.51. The number of hydrogen-bond acceptors (Lipinski definition) is 3. The summed E-state index contributed by atoms with van der Waals surface area (Å²) in [5, 5.41) is 13.0. The van der Waals surface area contributed by atoms with Crippen LogP contribution < -0.4 is 4.74 Å². The van der Waals surface area contributed by atoms with E-state index in [9.17, 15) is 4.79 Å². The standard InChI is InChI=1S/C12H11BrN2O3/c1-2-18-9-5-3-8(4-6-9)15-11(13)10(7-14-15)12(16)17/h3-7H,2H2,1H3,(H,16,17). The molecule has 1 heterocycles. The monoisotopic (exact) mass is 310 g/mol. The van der Waals surface area contributed by atoms with Gasteiger partial charge in [0.15, 0.2) is 0 Å². The summed E-state index contributed by atoms with van der Waals surface area (Å²) < 4.78 is 7.26. The first-order valence-corrected chi connectivity index (χ1v) is 6.13. The molecule has 0 unspecified atom stereocenters. The Hall–Kier alpha value is -1.82. The smallest absolute Gasteiger partial charge is 0.340 e. The van der Waals surface area contributed by atoms with Crippen LogP contribution in [0, 0.1) is 0 Å². The van der Waals surface area contributed by atoms with Crippen LogP contribution in [0.5, 0.6) is 5.75 Å². The molecule has 0 aliphatic heterocycles. The summed E-state index contributed by atoms with van der Waals surface area (Å²) in [5.41, 5.74) is 0.890. The molecule has 1 N–H and O–H groups in total. The van der Waals surface area contributed by atoms with Crippen LogP contribution in [0.3, 0.4) is 0 Å². The van der Waals surface area contributed by atoms with Gasteiger partial charge in [-0.15, -0.1) is 0 Å². The number of ether oxygens (including phenoxy) is 1. The molecule has 5 nitrogen and oxygen atoms in total. The van der Waals surface area contributed by atoms with Gasteiger partial charge in [0.2, 0.25) is 0 Å². The minimum absolute atomic E-state index is 0.129. The molecule has 0 amide bonds. The SMILES string of the molecule is CCOc1ccc(-n2ncc(C(=O)O)c2Br)cc1. The molecule has 0 aliphatic rings. The number of hydrogen-bond donors (Lipinski definition) is 1. The fourth-order valence-corrected chi connectivity index (χ4v) is 2.08. The van der Waals surface area contributed by atoms with E-state index in [0.29, 0.717) is 11.2 Å². The zero-order valence-corrected chi connectivity index (χ0v) is 11.2. The van der Waals surface area contributed by atoms with E-state index in [1.807, 2.05) is 31.2 Å². The normalized spacial score (nSPS) is 10.3. The van der Waals surface area contributed by atoms with Crippen LogP contribution in [-0.4, -0.2) is 27.5 Å². The second-order valence-corrected chi connectivity index (χ2v) is 4.24. The van der Waals surface area contributed by atoms with Gasteiger partial charge in [0, 0.05) is 0 Å². The van der Waals surface area contributed by atoms with Crippen molar-refractivity contribution >= 4 is 21.9 Å². The second kappa shape index (κ2) is 5.22. The van der Waals surface area contributed by atoms with Gasteiger partial charge < -0.3 is 9.84 Å². The van der Waals surface area contributed by atoms with Crippen LogP contribution in [0.15, 0.2) is 35.1 Å². The van der Waals surface area contributed by atoms with Crippen molar-refractivity contribution < 1.29 is 14.6 Å². The zero-order chi connectivity index (χ0) is 13.1. The summed E-state index contributed by atoms with van der Waals surface area (Å²) >= 11 is 3.23. The Balaban J connectivity index is 2.34. The number of carboxylic acid groups (broad SMARTS) is 1. The molecule has 2 aromatic rings. The third-order valence-corrected chi connectivity index (χ3v) is 3.10. The van der Waals surface area contributed by atoms with Crippen LogP contribution >= 0.6 is 15.9 Å². The van der Waals surface area contributed by atoms with E-state index in [-0.39, 0.29) is 5.56 Å². The lowest BCUT2D eigenvalue weighted by molar-refractivity contribution is 0.0696. The van der Waals surface area contributed by atoms with Crippen LogP contribution in [0.25, 0.3) is 5.69 Å². The van der Waals surface area contributed by atoms with E-state index in [4.69, 9.17) is 9.84 Å². The van der Waals surface area contributed by atoms with Crippen molar-refractivity contribution in [3.05, 3.63) is 40.6 Å². The lowest BCUT2D eigenvalue weighted by Gasteiger charge is -2.06. The number of rotatable bonds is 4. The molecular weight excluding hydrogens is 300 g/mol. The zero-order valence-electron chi connectivity index (χ0n) is 9.63. The first-order chi connectivity index (χ1) is 8.63. The molecular formula is C12H11BrN2O3. The number of aromatic carboxylic acids is 1. The largest absolute Gasteiger partial charge is 0.494 e. The molecule has 0 saturated heterocycles. The highest BCUT2D eigenvalue weighted by Gasteiger charge is 2.15.